The van der Waals surface area contributed by atoms with Crippen molar-refractivity contribution in [3.8, 4) is 11.4 Å². The number of carbonyl (C=O) groups excluding carboxylic acids is 2. The van der Waals surface area contributed by atoms with Crippen molar-refractivity contribution in [2.75, 3.05) is 19.7 Å². The van der Waals surface area contributed by atoms with Crippen LogP contribution in [0.4, 0.5) is 13.2 Å². The smallest absolute Gasteiger partial charge is 0.457 e. The maximum absolute atomic E-state index is 12.5. The third-order valence-electron chi connectivity index (χ3n) is 6.76. The zero-order valence-electron chi connectivity index (χ0n) is 21.8. The first kappa shape index (κ1) is 29.6. The van der Waals surface area contributed by atoms with E-state index in [0.29, 0.717) is 24.7 Å². The Morgan fingerprint density at radius 3 is 2.42 bits per heavy atom. The molecule has 1 saturated heterocycles. The molecule has 1 aromatic carbocycles. The Kier molecular flexibility index (Phi) is 11.1. The molecule has 0 radical (unpaired) electrons. The highest BCUT2D eigenvalue weighted by atomic mass is 19.4. The summed E-state index contributed by atoms with van der Waals surface area (Å²) in [6, 6.07) is 6.72. The number of halogens is 3. The number of nitrogens with zero attached hydrogens (tertiary/aromatic N) is 3. The molecule has 1 fully saturated rings. The minimum Gasteiger partial charge on any atom is -0.457 e. The number of amides is 1. The molecule has 1 amide bonds. The minimum atomic E-state index is -5.13. The van der Waals surface area contributed by atoms with Gasteiger partial charge in [-0.05, 0) is 24.8 Å². The van der Waals surface area contributed by atoms with Crippen molar-refractivity contribution in [3.05, 3.63) is 35.7 Å². The van der Waals surface area contributed by atoms with E-state index in [1.54, 1.807) is 0 Å². The first-order valence-corrected chi connectivity index (χ1v) is 13.4. The number of esters is 1. The molecule has 11 heteroatoms. The molecule has 2 N–H and O–H groups in total. The molecule has 1 aliphatic rings. The molecule has 0 saturated carbocycles. The zero-order chi connectivity index (χ0) is 27.5. The van der Waals surface area contributed by atoms with Gasteiger partial charge in [0.2, 0.25) is 17.6 Å². The number of hydrogen-bond donors (Lipinski definition) is 1. The number of hydrogen-bond acceptors (Lipinski definition) is 7. The maximum atomic E-state index is 12.5. The standard InChI is InChI=1S/C27H37F3N4O4/c1-2-3-4-5-6-7-8-9-10-19-11-13-20(14-12-19)23-32-24(38-33-23)21-15-16-34(17-21)25(35)22(31)18-37-26(36)27(28,29)30/h11-14,21-22H,2-10,15-18,31H2,1H3/t21-,22+/m1/s1. The van der Waals surface area contributed by atoms with Gasteiger partial charge in [-0.15, -0.1) is 0 Å². The Labute approximate surface area is 221 Å². The average Bonchev–Trinajstić information content (AvgIpc) is 3.58. The van der Waals surface area contributed by atoms with Crippen LogP contribution in [0.1, 0.15) is 82.1 Å². The molecule has 3 rings (SSSR count). The van der Waals surface area contributed by atoms with Crippen molar-refractivity contribution in [1.29, 1.82) is 0 Å². The molecule has 0 spiro atoms. The lowest BCUT2D eigenvalue weighted by Crippen LogP contribution is -2.46. The summed E-state index contributed by atoms with van der Waals surface area (Å²) < 4.78 is 46.3. The number of aromatic nitrogens is 2. The molecule has 0 aliphatic carbocycles. The summed E-state index contributed by atoms with van der Waals surface area (Å²) in [4.78, 5) is 29.2. The Morgan fingerprint density at radius 1 is 1.11 bits per heavy atom. The number of aryl methyl sites for hydroxylation is 1. The van der Waals surface area contributed by atoms with Crippen molar-refractivity contribution >= 4 is 11.9 Å². The van der Waals surface area contributed by atoms with Gasteiger partial charge in [-0.3, -0.25) is 4.79 Å². The van der Waals surface area contributed by atoms with E-state index < -0.39 is 30.7 Å². The number of carbonyl (C=O) groups is 2. The topological polar surface area (TPSA) is 112 Å². The normalized spacial score (nSPS) is 16.6. The highest BCUT2D eigenvalue weighted by molar-refractivity contribution is 5.83. The minimum absolute atomic E-state index is 0.216. The van der Waals surface area contributed by atoms with Gasteiger partial charge in [-0.25, -0.2) is 4.79 Å². The van der Waals surface area contributed by atoms with E-state index in [9.17, 15) is 22.8 Å². The number of unbranched alkanes of at least 4 members (excludes halogenated alkanes) is 7. The summed E-state index contributed by atoms with van der Waals surface area (Å²) in [5.74, 6) is -2.35. The molecule has 0 bridgehead atoms. The van der Waals surface area contributed by atoms with E-state index >= 15 is 0 Å². The average molecular weight is 539 g/mol. The van der Waals surface area contributed by atoms with E-state index in [2.05, 4.69) is 33.9 Å². The highest BCUT2D eigenvalue weighted by Gasteiger charge is 2.42. The molecule has 2 aromatic rings. The molecule has 38 heavy (non-hydrogen) atoms. The van der Waals surface area contributed by atoms with Gasteiger partial charge in [0.1, 0.15) is 12.6 Å². The quantitative estimate of drug-likeness (QED) is 0.261. The molecule has 8 nitrogen and oxygen atoms in total. The lowest BCUT2D eigenvalue weighted by Gasteiger charge is -2.20. The number of benzene rings is 1. The van der Waals surface area contributed by atoms with Crippen LogP contribution in [0.15, 0.2) is 28.8 Å². The van der Waals surface area contributed by atoms with E-state index in [1.165, 1.54) is 61.8 Å². The van der Waals surface area contributed by atoms with E-state index in [4.69, 9.17) is 10.3 Å². The van der Waals surface area contributed by atoms with Gasteiger partial charge in [0.15, 0.2) is 0 Å². The molecular weight excluding hydrogens is 501 g/mol. The first-order chi connectivity index (χ1) is 18.2. The SMILES string of the molecule is CCCCCCCCCCc1ccc(-c2noc([C@@H]3CCN(C(=O)[C@@H](N)COC(=O)C(F)(F)F)C3)n2)cc1. The highest BCUT2D eigenvalue weighted by Crippen LogP contribution is 2.28. The Hall–Kier alpha value is -2.95. The van der Waals surface area contributed by atoms with Crippen molar-refractivity contribution < 1.29 is 32.0 Å². The second kappa shape index (κ2) is 14.3. The lowest BCUT2D eigenvalue weighted by atomic mass is 10.0. The molecule has 2 atom stereocenters. The third kappa shape index (κ3) is 8.82. The van der Waals surface area contributed by atoms with Gasteiger partial charge in [0.25, 0.3) is 0 Å². The van der Waals surface area contributed by atoms with Crippen LogP contribution in [0.5, 0.6) is 0 Å². The summed E-state index contributed by atoms with van der Waals surface area (Å²) in [5, 5.41) is 4.08. The van der Waals surface area contributed by atoms with E-state index in [0.717, 1.165) is 12.0 Å². The molecule has 2 heterocycles. The van der Waals surface area contributed by atoms with Gasteiger partial charge in [0.05, 0.1) is 5.92 Å². The summed E-state index contributed by atoms with van der Waals surface area (Å²) in [6.07, 6.45) is 6.74. The van der Waals surface area contributed by atoms with Gasteiger partial charge < -0.3 is 19.9 Å². The fourth-order valence-corrected chi connectivity index (χ4v) is 4.52. The summed E-state index contributed by atoms with van der Waals surface area (Å²) in [6.45, 7) is 1.95. The number of alkyl halides is 3. The number of rotatable bonds is 14. The van der Waals surface area contributed by atoms with E-state index in [1.807, 2.05) is 12.1 Å². The molecule has 1 aromatic heterocycles. The van der Waals surface area contributed by atoms with Crippen LogP contribution in [0.3, 0.4) is 0 Å². The summed E-state index contributed by atoms with van der Waals surface area (Å²) in [5.41, 5.74) is 7.75. The van der Waals surface area contributed by atoms with Gasteiger partial charge in [-0.2, -0.15) is 18.2 Å². The Morgan fingerprint density at radius 2 is 1.76 bits per heavy atom. The fourth-order valence-electron chi connectivity index (χ4n) is 4.52. The van der Waals surface area contributed by atoms with Crippen LogP contribution in [0.2, 0.25) is 0 Å². The van der Waals surface area contributed by atoms with Crippen molar-refractivity contribution in [2.24, 2.45) is 5.73 Å². The number of nitrogens with two attached hydrogens (primary N) is 1. The van der Waals surface area contributed by atoms with Crippen LogP contribution < -0.4 is 5.73 Å². The van der Waals surface area contributed by atoms with Crippen LogP contribution >= 0.6 is 0 Å². The monoisotopic (exact) mass is 538 g/mol. The predicted molar refractivity (Wildman–Crippen MR) is 135 cm³/mol. The fraction of sp³-hybridized carbons (Fsp3) is 0.630. The maximum Gasteiger partial charge on any atom is 0.490 e. The molecule has 0 unspecified atom stereocenters. The zero-order valence-corrected chi connectivity index (χ0v) is 21.8. The second-order valence-corrected chi connectivity index (χ2v) is 9.85. The van der Waals surface area contributed by atoms with Gasteiger partial charge in [-0.1, -0.05) is 81.3 Å². The van der Waals surface area contributed by atoms with Crippen LogP contribution in [-0.2, 0) is 20.7 Å². The largest absolute Gasteiger partial charge is 0.490 e. The number of ether oxygens (including phenoxy) is 1. The summed E-state index contributed by atoms with van der Waals surface area (Å²) in [7, 11) is 0. The summed E-state index contributed by atoms with van der Waals surface area (Å²) >= 11 is 0. The number of likely N-dealkylation sites (tertiary alicyclic amines) is 1. The van der Waals surface area contributed by atoms with Crippen molar-refractivity contribution in [1.82, 2.24) is 15.0 Å². The first-order valence-electron chi connectivity index (χ1n) is 13.4. The van der Waals surface area contributed by atoms with Crippen LogP contribution in [-0.4, -0.2) is 58.8 Å². The Balaban J connectivity index is 1.43. The predicted octanol–water partition coefficient (Wildman–Crippen LogP) is 5.17. The van der Waals surface area contributed by atoms with Gasteiger partial charge >= 0.3 is 12.1 Å². The molecular formula is C27H37F3N4O4. The third-order valence-corrected chi connectivity index (χ3v) is 6.76. The molecule has 1 aliphatic heterocycles. The molecule has 210 valence electrons. The van der Waals surface area contributed by atoms with Crippen LogP contribution in [0.25, 0.3) is 11.4 Å². The lowest BCUT2D eigenvalue weighted by molar-refractivity contribution is -0.200. The van der Waals surface area contributed by atoms with Crippen molar-refractivity contribution in [3.63, 3.8) is 0 Å². The van der Waals surface area contributed by atoms with E-state index in [-0.39, 0.29) is 12.5 Å². The Bertz CT molecular complexity index is 1030. The van der Waals surface area contributed by atoms with Crippen LogP contribution in [0, 0.1) is 0 Å². The second-order valence-electron chi connectivity index (χ2n) is 9.85. The van der Waals surface area contributed by atoms with Crippen molar-refractivity contribution in [2.45, 2.75) is 89.3 Å². The van der Waals surface area contributed by atoms with Gasteiger partial charge in [0, 0.05) is 18.7 Å².